The van der Waals surface area contributed by atoms with Gasteiger partial charge in [-0.05, 0) is 43.0 Å². The molecule has 2 aliphatic heterocycles. The molecule has 212 valence electrons. The van der Waals surface area contributed by atoms with E-state index in [4.69, 9.17) is 17.0 Å². The number of nitrogens with one attached hydrogen (secondary N) is 2. The average Bonchev–Trinajstić information content (AvgIpc) is 3.30. The summed E-state index contributed by atoms with van der Waals surface area (Å²) in [6.45, 7) is 9.01. The second-order valence-corrected chi connectivity index (χ2v) is 10.4. The van der Waals surface area contributed by atoms with Crippen molar-refractivity contribution in [2.45, 2.75) is 64.8 Å². The Kier molecular flexibility index (Phi) is 14.2. The number of carbonyl (C=O) groups is 1. The Labute approximate surface area is 238 Å². The highest BCUT2D eigenvalue weighted by molar-refractivity contribution is 8.06. The molecule has 2 heterocycles. The molecule has 10 heteroatoms. The van der Waals surface area contributed by atoms with Crippen molar-refractivity contribution in [1.29, 1.82) is 5.41 Å². The van der Waals surface area contributed by atoms with Crippen LogP contribution in [0.5, 0.6) is 0 Å². The summed E-state index contributed by atoms with van der Waals surface area (Å²) in [6, 6.07) is 5.73. The zero-order valence-corrected chi connectivity index (χ0v) is 23.9. The summed E-state index contributed by atoms with van der Waals surface area (Å²) in [4.78, 5) is 19.8. The molecule has 1 amide bonds. The molecule has 0 bridgehead atoms. The van der Waals surface area contributed by atoms with Gasteiger partial charge in [0.15, 0.2) is 0 Å². The summed E-state index contributed by atoms with van der Waals surface area (Å²) in [7, 11) is 0. The van der Waals surface area contributed by atoms with Crippen LogP contribution in [-0.2, 0) is 4.79 Å². The monoisotopic (exact) mass is 580 g/mol. The van der Waals surface area contributed by atoms with E-state index >= 15 is 0 Å². The van der Waals surface area contributed by atoms with Crippen LogP contribution < -0.4 is 5.32 Å². The molecular formula is C29H36ClF3N4OS. The van der Waals surface area contributed by atoms with Gasteiger partial charge in [-0.1, -0.05) is 67.9 Å². The van der Waals surface area contributed by atoms with Gasteiger partial charge in [0.05, 0.1) is 18.3 Å². The molecule has 5 nitrogen and oxygen atoms in total. The number of amides is 1. The number of carbonyl (C=O) groups excluding carboxylic acids is 1. The number of unbranched alkanes of at least 4 members (excludes halogenated alkanes) is 2. The van der Waals surface area contributed by atoms with Crippen LogP contribution in [0.3, 0.4) is 0 Å². The van der Waals surface area contributed by atoms with Crippen molar-refractivity contribution in [2.24, 2.45) is 4.99 Å². The number of benzene rings is 1. The van der Waals surface area contributed by atoms with Crippen LogP contribution in [0, 0.1) is 11.2 Å². The number of alkyl halides is 2. The second kappa shape index (κ2) is 17.0. The van der Waals surface area contributed by atoms with Gasteiger partial charge >= 0.3 is 0 Å². The molecule has 2 N–H and O–H groups in total. The van der Waals surface area contributed by atoms with E-state index in [0.29, 0.717) is 36.5 Å². The van der Waals surface area contributed by atoms with Gasteiger partial charge in [-0.2, -0.15) is 0 Å². The van der Waals surface area contributed by atoms with Gasteiger partial charge in [-0.3, -0.25) is 9.79 Å². The zero-order valence-electron chi connectivity index (χ0n) is 22.4. The minimum Gasteiger partial charge on any atom is -0.351 e. The lowest BCUT2D eigenvalue weighted by atomic mass is 10.0. The molecule has 0 radical (unpaired) electrons. The molecule has 1 aromatic carbocycles. The van der Waals surface area contributed by atoms with Gasteiger partial charge in [0.1, 0.15) is 11.7 Å². The molecule has 1 fully saturated rings. The largest absolute Gasteiger partial charge is 0.351 e. The van der Waals surface area contributed by atoms with Gasteiger partial charge in [0, 0.05) is 47.0 Å². The summed E-state index contributed by atoms with van der Waals surface area (Å²) in [6.07, 6.45) is 5.92. The van der Waals surface area contributed by atoms with Crippen LogP contribution in [0.4, 0.5) is 13.2 Å². The van der Waals surface area contributed by atoms with Crippen LogP contribution in [0.2, 0.25) is 5.02 Å². The molecule has 1 unspecified atom stereocenters. The van der Waals surface area contributed by atoms with Gasteiger partial charge in [0.25, 0.3) is 0 Å². The van der Waals surface area contributed by atoms with E-state index in [1.807, 2.05) is 23.3 Å². The summed E-state index contributed by atoms with van der Waals surface area (Å²) < 4.78 is 37.0. The molecule has 39 heavy (non-hydrogen) atoms. The molecule has 1 aromatic rings. The van der Waals surface area contributed by atoms with Crippen molar-refractivity contribution in [3.05, 3.63) is 81.5 Å². The van der Waals surface area contributed by atoms with E-state index < -0.39 is 6.43 Å². The molecular weight excluding hydrogens is 545 g/mol. The maximum atomic E-state index is 12.4. The molecule has 0 saturated carbocycles. The van der Waals surface area contributed by atoms with Crippen LogP contribution >= 0.6 is 23.4 Å². The number of fused-ring (bicyclic) bond motifs is 1. The third-order valence-electron chi connectivity index (χ3n) is 5.84. The van der Waals surface area contributed by atoms with Crippen molar-refractivity contribution in [1.82, 2.24) is 10.2 Å². The first-order valence-corrected chi connectivity index (χ1v) is 14.2. The van der Waals surface area contributed by atoms with Gasteiger partial charge in [-0.15, -0.1) is 0 Å². The van der Waals surface area contributed by atoms with Crippen molar-refractivity contribution in [2.75, 3.05) is 13.1 Å². The number of hydrogen-bond donors (Lipinski definition) is 2. The first-order valence-electron chi connectivity index (χ1n) is 12.9. The van der Waals surface area contributed by atoms with Crippen molar-refractivity contribution >= 4 is 40.8 Å². The minimum absolute atomic E-state index is 0.0351. The number of amidine groups is 1. The molecule has 1 saturated heterocycles. The average molecular weight is 581 g/mol. The van der Waals surface area contributed by atoms with Crippen LogP contribution in [0.25, 0.3) is 0 Å². The topological polar surface area (TPSA) is 68.5 Å². The van der Waals surface area contributed by atoms with Gasteiger partial charge in [-0.25, -0.2) is 13.2 Å². The third-order valence-corrected chi connectivity index (χ3v) is 6.95. The SMILES string of the molecule is C=C(S/C=C\C)C1=NCC(C(=N)/C=C\CC(F)F)=C2CC(NC(=O)CCCCC)CN12.Fc1cccc(Cl)c1. The molecule has 3 rings (SSSR count). The number of hydrogen-bond acceptors (Lipinski definition) is 5. The van der Waals surface area contributed by atoms with Crippen molar-refractivity contribution < 1.29 is 18.0 Å². The standard InChI is InChI=1S/C23H32F2N4OS.C6H4ClF/c1-4-6-7-11-22(30)28-17-13-20-18(19(26)9-8-10-21(24)25)14-27-23(29(20)15-17)16(3)31-12-5-2;7-5-2-1-3-6(8)4-5/h5,8-9,12,17,21,26H,3-4,6-7,10-11,13-15H2,1-2H3,(H,28,30);1-4H/b9-8-,12-5-,26-19?;. The Morgan fingerprint density at radius 3 is 2.77 bits per heavy atom. The number of nitrogens with zero attached hydrogens (tertiary/aromatic N) is 2. The third kappa shape index (κ3) is 11.1. The number of thioether (sulfide) groups is 1. The fourth-order valence-corrected chi connectivity index (χ4v) is 4.79. The number of allylic oxidation sites excluding steroid dienone is 3. The zero-order chi connectivity index (χ0) is 28.8. The lowest BCUT2D eigenvalue weighted by Gasteiger charge is -2.29. The summed E-state index contributed by atoms with van der Waals surface area (Å²) in [5, 5.41) is 13.8. The van der Waals surface area contributed by atoms with E-state index in [1.54, 1.807) is 12.1 Å². The lowest BCUT2D eigenvalue weighted by molar-refractivity contribution is -0.121. The number of halogens is 4. The van der Waals surface area contributed by atoms with Crippen molar-refractivity contribution in [3.8, 4) is 0 Å². The maximum Gasteiger partial charge on any atom is 0.242 e. The maximum absolute atomic E-state index is 12.4. The predicted octanol–water partition coefficient (Wildman–Crippen LogP) is 7.91. The predicted molar refractivity (Wildman–Crippen MR) is 157 cm³/mol. The van der Waals surface area contributed by atoms with E-state index in [0.717, 1.165) is 35.7 Å². The van der Waals surface area contributed by atoms with E-state index in [1.165, 1.54) is 36.0 Å². The first-order chi connectivity index (χ1) is 18.7. The second-order valence-electron chi connectivity index (χ2n) is 8.99. The van der Waals surface area contributed by atoms with Gasteiger partial charge in [0.2, 0.25) is 12.3 Å². The highest BCUT2D eigenvalue weighted by atomic mass is 35.5. The van der Waals surface area contributed by atoms with Gasteiger partial charge < -0.3 is 15.6 Å². The Morgan fingerprint density at radius 2 is 2.15 bits per heavy atom. The highest BCUT2D eigenvalue weighted by Crippen LogP contribution is 2.33. The normalized spacial score (nSPS) is 16.8. The molecule has 0 aromatic heterocycles. The Morgan fingerprint density at radius 1 is 1.38 bits per heavy atom. The van der Waals surface area contributed by atoms with E-state index in [9.17, 15) is 18.0 Å². The van der Waals surface area contributed by atoms with Crippen LogP contribution in [-0.4, -0.2) is 47.9 Å². The fourth-order valence-electron chi connectivity index (χ4n) is 4.03. The minimum atomic E-state index is -2.43. The fraction of sp³-hybridized carbons (Fsp3) is 0.414. The summed E-state index contributed by atoms with van der Waals surface area (Å²) >= 11 is 6.88. The Bertz CT molecular complexity index is 1120. The lowest BCUT2D eigenvalue weighted by Crippen LogP contribution is -2.39. The number of aliphatic imine (C=N–C) groups is 1. The summed E-state index contributed by atoms with van der Waals surface area (Å²) in [5.41, 5.74) is 1.81. The van der Waals surface area contributed by atoms with Crippen LogP contribution in [0.15, 0.2) is 75.6 Å². The Balaban J connectivity index is 0.000000568. The molecule has 2 aliphatic rings. The highest BCUT2D eigenvalue weighted by Gasteiger charge is 2.36. The molecule has 0 aliphatic carbocycles. The smallest absolute Gasteiger partial charge is 0.242 e. The van der Waals surface area contributed by atoms with E-state index in [2.05, 4.69) is 23.8 Å². The first kappa shape index (κ1) is 32.4. The summed E-state index contributed by atoms with van der Waals surface area (Å²) in [5.74, 6) is 0.486. The quantitative estimate of drug-likeness (QED) is 0.195. The van der Waals surface area contributed by atoms with Crippen LogP contribution in [0.1, 0.15) is 52.4 Å². The Hall–Kier alpha value is -2.78. The van der Waals surface area contributed by atoms with Crippen molar-refractivity contribution in [3.63, 3.8) is 0 Å². The van der Waals surface area contributed by atoms with E-state index in [-0.39, 0.29) is 29.9 Å². The molecule has 0 spiro atoms. The molecule has 1 atom stereocenters. The number of rotatable bonds is 12.